The van der Waals surface area contributed by atoms with Crippen LogP contribution in [0.5, 0.6) is 0 Å². The number of halogens is 3. The van der Waals surface area contributed by atoms with Crippen molar-refractivity contribution < 1.29 is 18.0 Å². The average molecular weight is 417 g/mol. The highest BCUT2D eigenvalue weighted by Crippen LogP contribution is 2.38. The van der Waals surface area contributed by atoms with E-state index in [1.165, 1.54) is 29.5 Å². The second-order valence-corrected chi connectivity index (χ2v) is 7.82. The summed E-state index contributed by atoms with van der Waals surface area (Å²) < 4.78 is 39.6. The molecule has 1 aromatic heterocycles. The highest BCUT2D eigenvalue weighted by Gasteiger charge is 2.36. The van der Waals surface area contributed by atoms with Gasteiger partial charge in [-0.3, -0.25) is 0 Å². The molecule has 4 nitrogen and oxygen atoms in total. The first kappa shape index (κ1) is 19.4. The zero-order chi connectivity index (χ0) is 20.4. The molecule has 2 amide bonds. The molecule has 1 atom stereocenters. The number of aromatic nitrogens is 1. The summed E-state index contributed by atoms with van der Waals surface area (Å²) in [6, 6.07) is 14.0. The smallest absolute Gasteiger partial charge is 0.315 e. The van der Waals surface area contributed by atoms with Crippen molar-refractivity contribution in [1.82, 2.24) is 9.88 Å². The maximum Gasteiger partial charge on any atom is 0.418 e. The van der Waals surface area contributed by atoms with Crippen LogP contribution in [0.15, 0.2) is 60.8 Å². The van der Waals surface area contributed by atoms with Crippen molar-refractivity contribution in [3.63, 3.8) is 0 Å². The number of hydrogen-bond acceptors (Lipinski definition) is 3. The molecule has 2 heterocycles. The van der Waals surface area contributed by atoms with Gasteiger partial charge in [-0.15, -0.1) is 11.3 Å². The normalized spacial score (nSPS) is 16.8. The quantitative estimate of drug-likeness (QED) is 0.552. The molecule has 1 saturated heterocycles. The summed E-state index contributed by atoms with van der Waals surface area (Å²) in [4.78, 5) is 19.8. The minimum Gasteiger partial charge on any atom is -0.315 e. The van der Waals surface area contributed by atoms with Crippen LogP contribution in [0, 0.1) is 0 Å². The summed E-state index contributed by atoms with van der Waals surface area (Å²) in [7, 11) is 0. The van der Waals surface area contributed by atoms with Gasteiger partial charge in [0.05, 0.1) is 22.2 Å². The molecule has 1 fully saturated rings. The fourth-order valence-electron chi connectivity index (χ4n) is 3.47. The second kappa shape index (κ2) is 7.87. The van der Waals surface area contributed by atoms with E-state index in [1.54, 1.807) is 11.1 Å². The van der Waals surface area contributed by atoms with Crippen LogP contribution in [-0.2, 0) is 6.18 Å². The van der Waals surface area contributed by atoms with Crippen molar-refractivity contribution in [3.8, 4) is 10.4 Å². The van der Waals surface area contributed by atoms with Crippen molar-refractivity contribution in [1.29, 1.82) is 0 Å². The molecular formula is C21H18F3N3OS. The second-order valence-electron chi connectivity index (χ2n) is 6.75. The van der Waals surface area contributed by atoms with Gasteiger partial charge >= 0.3 is 12.2 Å². The lowest BCUT2D eigenvalue weighted by Crippen LogP contribution is -2.35. The minimum atomic E-state index is -4.53. The number of alkyl halides is 3. The zero-order valence-corrected chi connectivity index (χ0v) is 16.1. The van der Waals surface area contributed by atoms with Gasteiger partial charge in [-0.05, 0) is 30.5 Å². The highest BCUT2D eigenvalue weighted by molar-refractivity contribution is 7.15. The predicted molar refractivity (Wildman–Crippen MR) is 107 cm³/mol. The first-order valence-corrected chi connectivity index (χ1v) is 10.00. The van der Waals surface area contributed by atoms with E-state index in [1.807, 2.05) is 30.3 Å². The van der Waals surface area contributed by atoms with E-state index in [0.29, 0.717) is 6.54 Å². The molecule has 4 rings (SSSR count). The molecule has 1 N–H and O–H groups in total. The Balaban J connectivity index is 1.54. The molecule has 0 radical (unpaired) electrons. The largest absolute Gasteiger partial charge is 0.418 e. The Morgan fingerprint density at radius 2 is 1.83 bits per heavy atom. The van der Waals surface area contributed by atoms with Crippen molar-refractivity contribution in [3.05, 3.63) is 71.4 Å². The van der Waals surface area contributed by atoms with Crippen LogP contribution >= 0.6 is 11.3 Å². The number of carbonyl (C=O) groups is 1. The lowest BCUT2D eigenvalue weighted by Gasteiger charge is -2.24. The summed E-state index contributed by atoms with van der Waals surface area (Å²) in [5.41, 5.74) is -0.0474. The van der Waals surface area contributed by atoms with Gasteiger partial charge in [-0.25, -0.2) is 9.78 Å². The van der Waals surface area contributed by atoms with Crippen molar-refractivity contribution in [2.24, 2.45) is 0 Å². The molecule has 2 aromatic carbocycles. The number of carbonyl (C=O) groups excluding carboxylic acids is 1. The van der Waals surface area contributed by atoms with Crippen LogP contribution in [0.3, 0.4) is 0 Å². The Morgan fingerprint density at radius 3 is 2.59 bits per heavy atom. The average Bonchev–Trinajstić information content (AvgIpc) is 3.38. The summed E-state index contributed by atoms with van der Waals surface area (Å²) in [6.07, 6.45) is -1.24. The van der Waals surface area contributed by atoms with Crippen LogP contribution in [0.4, 0.5) is 23.7 Å². The zero-order valence-electron chi connectivity index (χ0n) is 15.3. The Morgan fingerprint density at radius 1 is 1.10 bits per heavy atom. The Labute approximate surface area is 170 Å². The number of hydrogen-bond donors (Lipinski definition) is 1. The molecule has 1 aliphatic rings. The summed E-state index contributed by atoms with van der Waals surface area (Å²) in [5.74, 6) is 0. The SMILES string of the molecule is O=C(Nc1ccccc1C(F)(F)F)N1CCC[C@H]1c1ncc(-c2ccccc2)s1. The van der Waals surface area contributed by atoms with Gasteiger partial charge < -0.3 is 10.2 Å². The molecule has 150 valence electrons. The Hall–Kier alpha value is -2.87. The first-order chi connectivity index (χ1) is 13.9. The lowest BCUT2D eigenvalue weighted by atomic mass is 10.1. The van der Waals surface area contributed by atoms with E-state index in [-0.39, 0.29) is 11.7 Å². The number of urea groups is 1. The number of nitrogens with one attached hydrogen (secondary N) is 1. The van der Waals surface area contributed by atoms with Crippen LogP contribution in [0.25, 0.3) is 10.4 Å². The number of para-hydroxylation sites is 1. The van der Waals surface area contributed by atoms with Crippen molar-refractivity contribution >= 4 is 23.1 Å². The van der Waals surface area contributed by atoms with Gasteiger partial charge in [0, 0.05) is 12.7 Å². The van der Waals surface area contributed by atoms with E-state index in [9.17, 15) is 18.0 Å². The molecule has 0 saturated carbocycles. The van der Waals surface area contributed by atoms with Gasteiger partial charge in [0.15, 0.2) is 0 Å². The highest BCUT2D eigenvalue weighted by atomic mass is 32.1. The molecule has 3 aromatic rings. The lowest BCUT2D eigenvalue weighted by molar-refractivity contribution is -0.136. The van der Waals surface area contributed by atoms with Gasteiger partial charge in [-0.1, -0.05) is 42.5 Å². The molecule has 0 aliphatic carbocycles. The van der Waals surface area contributed by atoms with Gasteiger partial charge in [0.2, 0.25) is 0 Å². The monoisotopic (exact) mass is 417 g/mol. The molecule has 0 unspecified atom stereocenters. The van der Waals surface area contributed by atoms with Crippen LogP contribution < -0.4 is 5.32 Å². The molecule has 0 spiro atoms. The topological polar surface area (TPSA) is 45.2 Å². The van der Waals surface area contributed by atoms with Crippen LogP contribution in [0.1, 0.15) is 29.5 Å². The van der Waals surface area contributed by atoms with E-state index >= 15 is 0 Å². The molecule has 1 aliphatic heterocycles. The minimum absolute atomic E-state index is 0.236. The number of nitrogens with zero attached hydrogens (tertiary/aromatic N) is 2. The number of amides is 2. The Bertz CT molecular complexity index is 1000. The van der Waals surface area contributed by atoms with E-state index in [0.717, 1.165) is 34.4 Å². The van der Waals surface area contributed by atoms with Crippen LogP contribution in [-0.4, -0.2) is 22.5 Å². The Kier molecular flexibility index (Phi) is 5.27. The summed E-state index contributed by atoms with van der Waals surface area (Å²) >= 11 is 1.51. The fourth-order valence-corrected chi connectivity index (χ4v) is 4.54. The number of likely N-dealkylation sites (tertiary alicyclic amines) is 1. The molecular weight excluding hydrogens is 399 g/mol. The molecule has 8 heteroatoms. The summed E-state index contributed by atoms with van der Waals surface area (Å²) in [6.45, 7) is 0.477. The maximum atomic E-state index is 13.2. The number of rotatable bonds is 3. The van der Waals surface area contributed by atoms with E-state index < -0.39 is 17.8 Å². The molecule has 29 heavy (non-hydrogen) atoms. The number of benzene rings is 2. The van der Waals surface area contributed by atoms with Crippen molar-refractivity contribution in [2.45, 2.75) is 25.1 Å². The van der Waals surface area contributed by atoms with Gasteiger partial charge in [0.1, 0.15) is 5.01 Å². The fraction of sp³-hybridized carbons (Fsp3) is 0.238. The first-order valence-electron chi connectivity index (χ1n) is 9.18. The van der Waals surface area contributed by atoms with Crippen LogP contribution in [0.2, 0.25) is 0 Å². The van der Waals surface area contributed by atoms with E-state index in [4.69, 9.17) is 0 Å². The number of anilines is 1. The standard InChI is InChI=1S/C21H18F3N3OS/c22-21(23,24)15-9-4-5-10-16(15)26-20(28)27-12-6-11-17(27)19-25-13-18(29-19)14-7-2-1-3-8-14/h1-5,7-10,13,17H,6,11-12H2,(H,26,28)/t17-/m0/s1. The van der Waals surface area contributed by atoms with Crippen molar-refractivity contribution in [2.75, 3.05) is 11.9 Å². The molecule has 0 bridgehead atoms. The third kappa shape index (κ3) is 4.12. The van der Waals surface area contributed by atoms with E-state index in [2.05, 4.69) is 10.3 Å². The van der Waals surface area contributed by atoms with Gasteiger partial charge in [0.25, 0.3) is 0 Å². The maximum absolute atomic E-state index is 13.2. The summed E-state index contributed by atoms with van der Waals surface area (Å²) in [5, 5.41) is 3.23. The third-order valence-electron chi connectivity index (χ3n) is 4.85. The predicted octanol–water partition coefficient (Wildman–Crippen LogP) is 6.20. The third-order valence-corrected chi connectivity index (χ3v) is 6.00. The number of thiazole rings is 1. The van der Waals surface area contributed by atoms with Gasteiger partial charge in [-0.2, -0.15) is 13.2 Å².